The van der Waals surface area contributed by atoms with Crippen LogP contribution in [0.3, 0.4) is 0 Å². The molecule has 7 rings (SSSR count). The Hall–Kier alpha value is -1.62. The second-order valence-electron chi connectivity index (χ2n) is 13.0. The lowest BCUT2D eigenvalue weighted by Crippen LogP contribution is -2.75. The van der Waals surface area contributed by atoms with Gasteiger partial charge in [0, 0.05) is 17.9 Å². The van der Waals surface area contributed by atoms with Crippen LogP contribution in [0.5, 0.6) is 0 Å². The molecule has 12 atom stereocenters. The van der Waals surface area contributed by atoms with Gasteiger partial charge in [-0.3, -0.25) is 0 Å². The average molecular weight is 531 g/mol. The van der Waals surface area contributed by atoms with Gasteiger partial charge in [-0.05, 0) is 93.6 Å². The van der Waals surface area contributed by atoms with Crippen molar-refractivity contribution in [1.82, 2.24) is 0 Å². The van der Waals surface area contributed by atoms with Gasteiger partial charge >= 0.3 is 5.97 Å². The summed E-state index contributed by atoms with van der Waals surface area (Å²) >= 11 is 0. The molecule has 4 aliphatic carbocycles. The van der Waals surface area contributed by atoms with Gasteiger partial charge in [0.1, 0.15) is 19.0 Å². The topological polar surface area (TPSA) is 132 Å². The van der Waals surface area contributed by atoms with E-state index in [-0.39, 0.29) is 48.3 Å². The molecule has 7 aliphatic rings. The molecule has 0 aromatic rings. The first-order valence-electron chi connectivity index (χ1n) is 14.2. The van der Waals surface area contributed by atoms with E-state index in [0.29, 0.717) is 32.3 Å². The van der Waals surface area contributed by atoms with Gasteiger partial charge in [-0.25, -0.2) is 4.79 Å². The van der Waals surface area contributed by atoms with Gasteiger partial charge in [0.25, 0.3) is 0 Å². The van der Waals surface area contributed by atoms with Crippen LogP contribution < -0.4 is 0 Å². The summed E-state index contributed by atoms with van der Waals surface area (Å²) in [4.78, 5) is 24.8. The molecule has 3 aliphatic heterocycles. The summed E-state index contributed by atoms with van der Waals surface area (Å²) in [7, 11) is 0. The zero-order valence-corrected chi connectivity index (χ0v) is 22.0. The third-order valence-corrected chi connectivity index (χ3v) is 11.3. The number of hydrogen-bond donors (Lipinski definition) is 3. The first kappa shape index (κ1) is 25.4. The first-order chi connectivity index (χ1) is 18.0. The van der Waals surface area contributed by atoms with E-state index in [1.165, 1.54) is 0 Å². The second-order valence-corrected chi connectivity index (χ2v) is 13.0. The van der Waals surface area contributed by atoms with E-state index < -0.39 is 34.8 Å². The van der Waals surface area contributed by atoms with Gasteiger partial charge in [0.15, 0.2) is 0 Å². The van der Waals surface area contributed by atoms with Crippen LogP contribution in [-0.2, 0) is 28.5 Å². The van der Waals surface area contributed by atoms with Crippen molar-refractivity contribution < 1.29 is 43.9 Å². The van der Waals surface area contributed by atoms with E-state index in [0.717, 1.165) is 36.7 Å². The summed E-state index contributed by atoms with van der Waals surface area (Å²) in [6, 6.07) is 0. The molecule has 2 saturated heterocycles. The molecule has 0 bridgehead atoms. The quantitative estimate of drug-likeness (QED) is 0.278. The minimum absolute atomic E-state index is 0.00505. The van der Waals surface area contributed by atoms with E-state index in [2.05, 4.69) is 6.08 Å². The molecule has 38 heavy (non-hydrogen) atoms. The first-order valence-corrected chi connectivity index (χ1v) is 14.2. The summed E-state index contributed by atoms with van der Waals surface area (Å²) in [5, 5.41) is 34.4. The molecule has 0 aromatic heterocycles. The van der Waals surface area contributed by atoms with Crippen LogP contribution in [0.15, 0.2) is 23.3 Å². The van der Waals surface area contributed by atoms with E-state index in [9.17, 15) is 24.9 Å². The highest BCUT2D eigenvalue weighted by Crippen LogP contribution is 2.65. The fraction of sp³-hybridized carbons (Fsp3) is 0.793. The Morgan fingerprint density at radius 2 is 1.89 bits per heavy atom. The third kappa shape index (κ3) is 3.20. The molecule has 3 saturated carbocycles. The molecular formula is C29H38O9. The number of esters is 1. The summed E-state index contributed by atoms with van der Waals surface area (Å²) in [6.07, 6.45) is 7.07. The third-order valence-electron chi connectivity index (χ3n) is 11.3. The normalized spacial score (nSPS) is 55.3. The predicted octanol–water partition coefficient (Wildman–Crippen LogP) is 1.92. The van der Waals surface area contributed by atoms with Crippen molar-refractivity contribution in [1.29, 1.82) is 0 Å². The minimum Gasteiger partial charge on any atom is -0.458 e. The second kappa shape index (κ2) is 8.21. The van der Waals surface area contributed by atoms with E-state index in [1.807, 2.05) is 6.92 Å². The van der Waals surface area contributed by atoms with Gasteiger partial charge in [-0.1, -0.05) is 6.08 Å². The molecule has 0 radical (unpaired) electrons. The molecular weight excluding hydrogens is 492 g/mol. The number of fused-ring (bicyclic) bond motifs is 7. The Morgan fingerprint density at radius 3 is 2.63 bits per heavy atom. The molecule has 0 aromatic carbocycles. The number of ether oxygens (including phenoxy) is 4. The highest BCUT2D eigenvalue weighted by atomic mass is 16.8. The number of aliphatic hydroxyl groups is 3. The van der Waals surface area contributed by atoms with Crippen molar-refractivity contribution in [3.63, 3.8) is 0 Å². The molecule has 9 heteroatoms. The maximum Gasteiger partial charge on any atom is 0.331 e. The number of aldehydes is 1. The van der Waals surface area contributed by atoms with Crippen LogP contribution in [0, 0.1) is 29.1 Å². The molecule has 9 nitrogen and oxygen atoms in total. The number of rotatable bonds is 2. The Bertz CT molecular complexity index is 1120. The van der Waals surface area contributed by atoms with Crippen LogP contribution in [0.25, 0.3) is 0 Å². The fourth-order valence-corrected chi connectivity index (χ4v) is 9.51. The highest BCUT2D eigenvalue weighted by molar-refractivity contribution is 5.85. The Balaban J connectivity index is 1.20. The summed E-state index contributed by atoms with van der Waals surface area (Å²) in [5.41, 5.74) is 0.166. The lowest BCUT2D eigenvalue weighted by atomic mass is 9.48. The van der Waals surface area contributed by atoms with Crippen molar-refractivity contribution in [2.45, 2.75) is 107 Å². The highest BCUT2D eigenvalue weighted by Gasteiger charge is 2.69. The maximum atomic E-state index is 13.1. The molecule has 0 amide bonds. The van der Waals surface area contributed by atoms with Crippen LogP contribution in [-0.4, -0.2) is 75.8 Å². The van der Waals surface area contributed by atoms with Crippen LogP contribution in [0.1, 0.15) is 65.2 Å². The van der Waals surface area contributed by atoms with Gasteiger partial charge < -0.3 is 39.1 Å². The zero-order valence-electron chi connectivity index (χ0n) is 22.0. The Labute approximate surface area is 222 Å². The van der Waals surface area contributed by atoms with Crippen molar-refractivity contribution in [3.8, 4) is 0 Å². The van der Waals surface area contributed by atoms with Crippen LogP contribution in [0.4, 0.5) is 0 Å². The predicted molar refractivity (Wildman–Crippen MR) is 131 cm³/mol. The number of aliphatic hydroxyl groups excluding tert-OH is 1. The number of hydrogen-bond acceptors (Lipinski definition) is 9. The molecule has 208 valence electrons. The van der Waals surface area contributed by atoms with Crippen LogP contribution in [0.2, 0.25) is 0 Å². The molecule has 3 N–H and O–H groups in total. The van der Waals surface area contributed by atoms with E-state index in [4.69, 9.17) is 18.9 Å². The Kier molecular flexibility index (Phi) is 5.48. The Morgan fingerprint density at radius 1 is 1.08 bits per heavy atom. The number of cyclic esters (lactones) is 1. The molecule has 12 unspecified atom stereocenters. The van der Waals surface area contributed by atoms with E-state index in [1.54, 1.807) is 13.0 Å². The smallest absolute Gasteiger partial charge is 0.331 e. The number of carbonyl (C=O) groups excluding carboxylic acids is 2. The summed E-state index contributed by atoms with van der Waals surface area (Å²) < 4.78 is 23.8. The maximum absolute atomic E-state index is 13.1. The molecule has 5 fully saturated rings. The van der Waals surface area contributed by atoms with Crippen molar-refractivity contribution in [3.05, 3.63) is 23.3 Å². The lowest BCUT2D eigenvalue weighted by molar-refractivity contribution is -0.499. The van der Waals surface area contributed by atoms with Gasteiger partial charge in [0.2, 0.25) is 11.6 Å². The minimum atomic E-state index is -2.03. The van der Waals surface area contributed by atoms with Gasteiger partial charge in [0.05, 0.1) is 23.9 Å². The van der Waals surface area contributed by atoms with Gasteiger partial charge in [-0.2, -0.15) is 0 Å². The zero-order chi connectivity index (χ0) is 26.7. The molecule has 0 spiro atoms. The van der Waals surface area contributed by atoms with Crippen molar-refractivity contribution in [2.75, 3.05) is 6.61 Å². The number of allylic oxidation sites excluding steroid dienone is 1. The standard InChI is InChI=1S/C29H38O9/c1-15-9-24(31)29(34)26(2,36-15)37-22-11-17-3-4-21-20(27(17,14-30)12-23(22)38-29)6-5-19-18(7-8-28(19,21)33)16-10-25(32)35-13-16/h4,10,14-15,17-20,22-24,31,33-34H,3,5-9,11-13H2,1-2H3. The monoisotopic (exact) mass is 530 g/mol. The van der Waals surface area contributed by atoms with Crippen LogP contribution >= 0.6 is 0 Å². The van der Waals surface area contributed by atoms with Gasteiger partial charge in [-0.15, -0.1) is 0 Å². The van der Waals surface area contributed by atoms with E-state index >= 15 is 0 Å². The SMILES string of the molecule is CC1CC(O)C2(O)OC3CC4(C=O)C(CC=C5C4CCC4C(C6=CC(=O)OC6)CCC54O)CC3OC2(C)O1. The lowest BCUT2D eigenvalue weighted by Gasteiger charge is -2.62. The molecule has 3 heterocycles. The summed E-state index contributed by atoms with van der Waals surface area (Å²) in [5.74, 6) is -3.87. The largest absolute Gasteiger partial charge is 0.458 e. The van der Waals surface area contributed by atoms with Crippen molar-refractivity contribution >= 4 is 12.3 Å². The average Bonchev–Trinajstić information content (AvgIpc) is 3.45. The summed E-state index contributed by atoms with van der Waals surface area (Å²) in [6.45, 7) is 3.75. The van der Waals surface area contributed by atoms with Crippen molar-refractivity contribution in [2.24, 2.45) is 29.1 Å². The fourth-order valence-electron chi connectivity index (χ4n) is 9.51. The number of carbonyl (C=O) groups is 2.